The zero-order chi connectivity index (χ0) is 14.5. The third-order valence-corrected chi connectivity index (χ3v) is 3.72. The molecule has 0 aromatic heterocycles. The third-order valence-electron chi connectivity index (χ3n) is 3.72. The fourth-order valence-corrected chi connectivity index (χ4v) is 2.41. The average Bonchev–Trinajstić information content (AvgIpc) is 3.24. The summed E-state index contributed by atoms with van der Waals surface area (Å²) >= 11 is 0. The highest BCUT2D eigenvalue weighted by molar-refractivity contribution is 5.71. The molecule has 4 nitrogen and oxygen atoms in total. The summed E-state index contributed by atoms with van der Waals surface area (Å²) in [6.45, 7) is 6.15. The van der Waals surface area contributed by atoms with Gasteiger partial charge in [-0.15, -0.1) is 0 Å². The van der Waals surface area contributed by atoms with Crippen LogP contribution in [-0.4, -0.2) is 30.1 Å². The molecule has 4 heteroatoms. The van der Waals surface area contributed by atoms with Crippen LogP contribution in [0.5, 0.6) is 0 Å². The molecule has 2 N–H and O–H groups in total. The van der Waals surface area contributed by atoms with Crippen molar-refractivity contribution in [1.29, 1.82) is 0 Å². The predicted octanol–water partition coefficient (Wildman–Crippen LogP) is 1.98. The van der Waals surface area contributed by atoms with E-state index in [0.717, 1.165) is 12.1 Å². The fraction of sp³-hybridized carbons (Fsp3) is 0.562. The Hall–Kier alpha value is -1.39. The van der Waals surface area contributed by atoms with Gasteiger partial charge in [0.25, 0.3) is 0 Å². The Kier molecular flexibility index (Phi) is 5.15. The minimum atomic E-state index is -0.129. The number of aryl methyl sites for hydroxylation is 1. The smallest absolute Gasteiger partial charge is 0.320 e. The number of ether oxygens (including phenoxy) is 1. The van der Waals surface area contributed by atoms with Gasteiger partial charge < -0.3 is 10.5 Å². The van der Waals surface area contributed by atoms with Crippen molar-refractivity contribution >= 4 is 5.97 Å². The van der Waals surface area contributed by atoms with Gasteiger partial charge in [0, 0.05) is 19.1 Å². The first-order valence-electron chi connectivity index (χ1n) is 7.32. The Labute approximate surface area is 120 Å². The Morgan fingerprint density at radius 2 is 2.20 bits per heavy atom. The van der Waals surface area contributed by atoms with E-state index in [0.29, 0.717) is 25.7 Å². The molecule has 1 aliphatic carbocycles. The Bertz CT molecular complexity index is 470. The van der Waals surface area contributed by atoms with Crippen LogP contribution in [-0.2, 0) is 22.6 Å². The van der Waals surface area contributed by atoms with Crippen LogP contribution in [0.2, 0.25) is 0 Å². The molecule has 110 valence electrons. The normalized spacial score (nSPS) is 14.6. The van der Waals surface area contributed by atoms with E-state index in [9.17, 15) is 4.79 Å². The first-order valence-corrected chi connectivity index (χ1v) is 7.32. The Balaban J connectivity index is 2.02. The average molecular weight is 276 g/mol. The van der Waals surface area contributed by atoms with Gasteiger partial charge in [0.1, 0.15) is 0 Å². The second-order valence-corrected chi connectivity index (χ2v) is 5.41. The van der Waals surface area contributed by atoms with Crippen LogP contribution in [0.3, 0.4) is 0 Å². The number of carbonyl (C=O) groups excluding carboxylic acids is 1. The maximum absolute atomic E-state index is 11.7. The molecular formula is C16H24N2O2. The molecular weight excluding hydrogens is 252 g/mol. The number of nitrogens with zero attached hydrogens (tertiary/aromatic N) is 1. The maximum atomic E-state index is 11.7. The molecule has 0 unspecified atom stereocenters. The number of hydrogen-bond donors (Lipinski definition) is 1. The lowest BCUT2D eigenvalue weighted by molar-refractivity contribution is -0.144. The highest BCUT2D eigenvalue weighted by Gasteiger charge is 2.30. The highest BCUT2D eigenvalue weighted by atomic mass is 16.5. The molecule has 0 aliphatic heterocycles. The van der Waals surface area contributed by atoms with Gasteiger partial charge in [-0.2, -0.15) is 0 Å². The summed E-state index contributed by atoms with van der Waals surface area (Å²) < 4.78 is 5.06. The summed E-state index contributed by atoms with van der Waals surface area (Å²) in [6.07, 6.45) is 2.36. The molecule has 1 aromatic carbocycles. The van der Waals surface area contributed by atoms with E-state index in [1.807, 2.05) is 6.92 Å². The van der Waals surface area contributed by atoms with Crippen molar-refractivity contribution in [1.82, 2.24) is 4.90 Å². The Morgan fingerprint density at radius 3 is 2.75 bits per heavy atom. The molecule has 0 amide bonds. The SMILES string of the molecule is CCOC(=O)CN(Cc1ccc(CN)cc1C)C1CC1. The molecule has 0 atom stereocenters. The number of esters is 1. The third kappa shape index (κ3) is 4.05. The second-order valence-electron chi connectivity index (χ2n) is 5.41. The summed E-state index contributed by atoms with van der Waals surface area (Å²) in [7, 11) is 0. The van der Waals surface area contributed by atoms with Gasteiger partial charge in [0.15, 0.2) is 0 Å². The number of nitrogens with two attached hydrogens (primary N) is 1. The molecule has 1 fully saturated rings. The first-order chi connectivity index (χ1) is 9.63. The van der Waals surface area contributed by atoms with E-state index >= 15 is 0 Å². The summed E-state index contributed by atoms with van der Waals surface area (Å²) in [5.41, 5.74) is 9.30. The molecule has 20 heavy (non-hydrogen) atoms. The molecule has 0 saturated heterocycles. The topological polar surface area (TPSA) is 55.6 Å². The molecule has 0 bridgehead atoms. The van der Waals surface area contributed by atoms with Crippen molar-refractivity contribution < 1.29 is 9.53 Å². The lowest BCUT2D eigenvalue weighted by Crippen LogP contribution is -2.32. The molecule has 0 radical (unpaired) electrons. The molecule has 1 aromatic rings. The fourth-order valence-electron chi connectivity index (χ4n) is 2.41. The summed E-state index contributed by atoms with van der Waals surface area (Å²) in [5, 5.41) is 0. The van der Waals surface area contributed by atoms with Gasteiger partial charge >= 0.3 is 5.97 Å². The molecule has 0 heterocycles. The predicted molar refractivity (Wildman–Crippen MR) is 79.1 cm³/mol. The van der Waals surface area contributed by atoms with Crippen LogP contribution in [0, 0.1) is 6.92 Å². The molecule has 1 aliphatic rings. The molecule has 0 spiro atoms. The molecule has 1 saturated carbocycles. The van der Waals surface area contributed by atoms with E-state index in [1.54, 1.807) is 0 Å². The van der Waals surface area contributed by atoms with Crippen molar-refractivity contribution in [3.8, 4) is 0 Å². The van der Waals surface area contributed by atoms with Crippen molar-refractivity contribution in [3.05, 3.63) is 34.9 Å². The largest absolute Gasteiger partial charge is 0.465 e. The highest BCUT2D eigenvalue weighted by Crippen LogP contribution is 2.28. The number of carbonyl (C=O) groups is 1. The minimum Gasteiger partial charge on any atom is -0.465 e. The van der Waals surface area contributed by atoms with Gasteiger partial charge in [-0.05, 0) is 43.4 Å². The summed E-state index contributed by atoms with van der Waals surface area (Å²) in [4.78, 5) is 13.9. The van der Waals surface area contributed by atoms with Crippen molar-refractivity contribution in [2.45, 2.75) is 45.8 Å². The lowest BCUT2D eigenvalue weighted by Gasteiger charge is -2.22. The van der Waals surface area contributed by atoms with Crippen molar-refractivity contribution in [2.24, 2.45) is 5.73 Å². The second kappa shape index (κ2) is 6.86. The van der Waals surface area contributed by atoms with Crippen LogP contribution in [0.15, 0.2) is 18.2 Å². The minimum absolute atomic E-state index is 0.129. The van der Waals surface area contributed by atoms with Gasteiger partial charge in [-0.3, -0.25) is 9.69 Å². The van der Waals surface area contributed by atoms with Crippen molar-refractivity contribution in [2.75, 3.05) is 13.2 Å². The van der Waals surface area contributed by atoms with Gasteiger partial charge in [0.05, 0.1) is 13.2 Å². The quantitative estimate of drug-likeness (QED) is 0.774. The van der Waals surface area contributed by atoms with Gasteiger partial charge in [0.2, 0.25) is 0 Å². The first kappa shape index (κ1) is 15.0. The standard InChI is InChI=1S/C16H24N2O2/c1-3-20-16(19)11-18(15-6-7-15)10-14-5-4-13(9-17)8-12(14)2/h4-5,8,15H,3,6-7,9-11,17H2,1-2H3. The van der Waals surface area contributed by atoms with E-state index in [1.165, 1.54) is 24.0 Å². The summed E-state index contributed by atoms with van der Waals surface area (Å²) in [5.74, 6) is -0.129. The van der Waals surface area contributed by atoms with Crippen molar-refractivity contribution in [3.63, 3.8) is 0 Å². The van der Waals surface area contributed by atoms with E-state index in [2.05, 4.69) is 30.0 Å². The van der Waals surface area contributed by atoms with E-state index in [4.69, 9.17) is 10.5 Å². The lowest BCUT2D eigenvalue weighted by atomic mass is 10.0. The Morgan fingerprint density at radius 1 is 1.45 bits per heavy atom. The zero-order valence-electron chi connectivity index (χ0n) is 12.4. The van der Waals surface area contributed by atoms with Crippen LogP contribution < -0.4 is 5.73 Å². The monoisotopic (exact) mass is 276 g/mol. The van der Waals surface area contributed by atoms with Crippen LogP contribution >= 0.6 is 0 Å². The van der Waals surface area contributed by atoms with Crippen LogP contribution in [0.4, 0.5) is 0 Å². The molecule has 2 rings (SSSR count). The van der Waals surface area contributed by atoms with Gasteiger partial charge in [-0.25, -0.2) is 0 Å². The number of benzene rings is 1. The maximum Gasteiger partial charge on any atom is 0.320 e. The van der Waals surface area contributed by atoms with E-state index in [-0.39, 0.29) is 5.97 Å². The van der Waals surface area contributed by atoms with Gasteiger partial charge in [-0.1, -0.05) is 18.2 Å². The number of rotatable bonds is 7. The van der Waals surface area contributed by atoms with E-state index < -0.39 is 0 Å². The van der Waals surface area contributed by atoms with Crippen LogP contribution in [0.1, 0.15) is 36.5 Å². The zero-order valence-corrected chi connectivity index (χ0v) is 12.4. The number of hydrogen-bond acceptors (Lipinski definition) is 4. The van der Waals surface area contributed by atoms with Crippen LogP contribution in [0.25, 0.3) is 0 Å². The summed E-state index contributed by atoms with van der Waals surface area (Å²) in [6, 6.07) is 6.86.